The van der Waals surface area contributed by atoms with Crippen LogP contribution in [0.25, 0.3) is 0 Å². The van der Waals surface area contributed by atoms with E-state index in [4.69, 9.17) is 9.47 Å². The van der Waals surface area contributed by atoms with Crippen LogP contribution in [0.5, 0.6) is 11.5 Å². The van der Waals surface area contributed by atoms with Gasteiger partial charge in [0.15, 0.2) is 0 Å². The van der Waals surface area contributed by atoms with Gasteiger partial charge in [0.1, 0.15) is 11.5 Å². The van der Waals surface area contributed by atoms with E-state index in [-0.39, 0.29) is 11.8 Å². The number of hydrazone groups is 1. The van der Waals surface area contributed by atoms with Gasteiger partial charge in [0.05, 0.1) is 20.4 Å². The fourth-order valence-corrected chi connectivity index (χ4v) is 3.55. The number of amides is 1. The van der Waals surface area contributed by atoms with Gasteiger partial charge in [-0.2, -0.15) is 5.10 Å². The first-order valence-electron chi connectivity index (χ1n) is 7.79. The standard InChI is InChI=1S/C17H22N2O3/c1-21-12-8-7-11(15(9-12)22-2)10-18-19-17(20)16-13-5-3-4-6-14(13)16/h7-10,13-14,16H,3-6H2,1-2H3,(H,19,20)/b18-10-/t13-,14-/m0/s1. The highest BCUT2D eigenvalue weighted by Gasteiger charge is 2.54. The summed E-state index contributed by atoms with van der Waals surface area (Å²) < 4.78 is 10.5. The van der Waals surface area contributed by atoms with Crippen molar-refractivity contribution in [3.8, 4) is 11.5 Å². The third-order valence-electron chi connectivity index (χ3n) is 4.78. The summed E-state index contributed by atoms with van der Waals surface area (Å²) in [5, 5.41) is 4.08. The number of methoxy groups -OCH3 is 2. The summed E-state index contributed by atoms with van der Waals surface area (Å²) in [6, 6.07) is 5.48. The second kappa shape index (κ2) is 6.38. The van der Waals surface area contributed by atoms with Crippen LogP contribution in [-0.2, 0) is 4.79 Å². The zero-order valence-corrected chi connectivity index (χ0v) is 13.0. The minimum atomic E-state index is 0.0561. The van der Waals surface area contributed by atoms with Gasteiger partial charge in [0.25, 0.3) is 0 Å². The molecule has 0 aliphatic heterocycles. The van der Waals surface area contributed by atoms with Crippen LogP contribution in [0.3, 0.4) is 0 Å². The fraction of sp³-hybridized carbons (Fsp3) is 0.529. The molecule has 0 saturated heterocycles. The molecule has 2 saturated carbocycles. The number of rotatable bonds is 5. The molecule has 0 heterocycles. The smallest absolute Gasteiger partial charge is 0.243 e. The Bertz CT molecular complexity index is 573. The second-order valence-corrected chi connectivity index (χ2v) is 5.98. The average Bonchev–Trinajstić information content (AvgIpc) is 3.29. The third-order valence-corrected chi connectivity index (χ3v) is 4.78. The van der Waals surface area contributed by atoms with Crippen molar-refractivity contribution >= 4 is 12.1 Å². The number of carbonyl (C=O) groups is 1. The molecule has 5 heteroatoms. The Balaban J connectivity index is 1.59. The normalized spacial score (nSPS) is 26.4. The molecule has 1 aromatic carbocycles. The molecule has 2 atom stereocenters. The highest BCUT2D eigenvalue weighted by atomic mass is 16.5. The van der Waals surface area contributed by atoms with Crippen LogP contribution in [0.1, 0.15) is 31.2 Å². The molecule has 0 radical (unpaired) electrons. The number of ether oxygens (including phenoxy) is 2. The van der Waals surface area contributed by atoms with Gasteiger partial charge < -0.3 is 9.47 Å². The Labute approximate surface area is 130 Å². The number of benzene rings is 1. The molecule has 2 fully saturated rings. The van der Waals surface area contributed by atoms with Crippen molar-refractivity contribution in [3.63, 3.8) is 0 Å². The number of nitrogens with one attached hydrogen (secondary N) is 1. The van der Waals surface area contributed by atoms with E-state index in [1.54, 1.807) is 26.5 Å². The lowest BCUT2D eigenvalue weighted by atomic mass is 10.0. The molecule has 0 bridgehead atoms. The summed E-state index contributed by atoms with van der Waals surface area (Å²) in [6.07, 6.45) is 6.52. The summed E-state index contributed by atoms with van der Waals surface area (Å²) in [7, 11) is 3.21. The van der Waals surface area contributed by atoms with E-state index in [2.05, 4.69) is 10.5 Å². The first-order chi connectivity index (χ1) is 10.7. The Morgan fingerprint density at radius 2 is 1.95 bits per heavy atom. The molecule has 118 valence electrons. The first-order valence-corrected chi connectivity index (χ1v) is 7.79. The molecular formula is C17H22N2O3. The molecule has 1 aromatic rings. The molecule has 5 nitrogen and oxygen atoms in total. The van der Waals surface area contributed by atoms with Gasteiger partial charge in [-0.25, -0.2) is 5.43 Å². The molecule has 0 unspecified atom stereocenters. The number of carbonyl (C=O) groups excluding carboxylic acids is 1. The van der Waals surface area contributed by atoms with Crippen molar-refractivity contribution in [2.75, 3.05) is 14.2 Å². The van der Waals surface area contributed by atoms with Crippen LogP contribution in [0.4, 0.5) is 0 Å². The molecule has 1 amide bonds. The second-order valence-electron chi connectivity index (χ2n) is 5.98. The summed E-state index contributed by atoms with van der Waals surface area (Å²) in [5.74, 6) is 2.81. The van der Waals surface area contributed by atoms with Crippen LogP contribution in [-0.4, -0.2) is 26.3 Å². The predicted octanol–water partition coefficient (Wildman–Crippen LogP) is 2.59. The van der Waals surface area contributed by atoms with E-state index in [0.29, 0.717) is 17.6 Å². The van der Waals surface area contributed by atoms with Crippen molar-refractivity contribution in [1.29, 1.82) is 0 Å². The largest absolute Gasteiger partial charge is 0.497 e. The highest BCUT2D eigenvalue weighted by molar-refractivity contribution is 5.87. The van der Waals surface area contributed by atoms with Gasteiger partial charge >= 0.3 is 0 Å². The van der Waals surface area contributed by atoms with E-state index in [9.17, 15) is 4.79 Å². The molecule has 1 N–H and O–H groups in total. The van der Waals surface area contributed by atoms with Crippen molar-refractivity contribution in [2.45, 2.75) is 25.7 Å². The van der Waals surface area contributed by atoms with Crippen LogP contribution in [0, 0.1) is 17.8 Å². The summed E-state index contributed by atoms with van der Waals surface area (Å²) in [6.45, 7) is 0. The summed E-state index contributed by atoms with van der Waals surface area (Å²) in [4.78, 5) is 12.1. The van der Waals surface area contributed by atoms with Gasteiger partial charge in [0, 0.05) is 17.5 Å². The van der Waals surface area contributed by atoms with Crippen molar-refractivity contribution in [2.24, 2.45) is 22.9 Å². The quantitative estimate of drug-likeness (QED) is 0.672. The Kier molecular flexibility index (Phi) is 4.32. The molecule has 2 aliphatic rings. The Hall–Kier alpha value is -2.04. The number of hydrogen-bond acceptors (Lipinski definition) is 4. The lowest BCUT2D eigenvalue weighted by Gasteiger charge is -2.06. The van der Waals surface area contributed by atoms with Gasteiger partial charge in [-0.1, -0.05) is 12.8 Å². The Morgan fingerprint density at radius 1 is 1.23 bits per heavy atom. The zero-order valence-electron chi connectivity index (χ0n) is 13.0. The summed E-state index contributed by atoms with van der Waals surface area (Å²) in [5.41, 5.74) is 3.48. The molecule has 3 rings (SSSR count). The maximum absolute atomic E-state index is 12.1. The number of nitrogens with zero attached hydrogens (tertiary/aromatic N) is 1. The van der Waals surface area contributed by atoms with Crippen molar-refractivity contribution < 1.29 is 14.3 Å². The highest BCUT2D eigenvalue weighted by Crippen LogP contribution is 2.55. The van der Waals surface area contributed by atoms with Gasteiger partial charge in [0.2, 0.25) is 5.91 Å². The molecular weight excluding hydrogens is 280 g/mol. The van der Waals surface area contributed by atoms with Crippen LogP contribution < -0.4 is 14.9 Å². The topological polar surface area (TPSA) is 59.9 Å². The van der Waals surface area contributed by atoms with E-state index >= 15 is 0 Å². The summed E-state index contributed by atoms with van der Waals surface area (Å²) >= 11 is 0. The predicted molar refractivity (Wildman–Crippen MR) is 84.2 cm³/mol. The number of hydrogen-bond donors (Lipinski definition) is 1. The first kappa shape index (κ1) is 14.9. The maximum atomic E-state index is 12.1. The van der Waals surface area contributed by atoms with Crippen LogP contribution in [0.2, 0.25) is 0 Å². The molecule has 22 heavy (non-hydrogen) atoms. The SMILES string of the molecule is COc1ccc(/C=N\NC(=O)C2[C@H]3CCCC[C@H]23)c(OC)c1. The Morgan fingerprint density at radius 3 is 2.59 bits per heavy atom. The third kappa shape index (κ3) is 2.93. The van der Waals surface area contributed by atoms with Crippen LogP contribution in [0.15, 0.2) is 23.3 Å². The van der Waals surface area contributed by atoms with Crippen molar-refractivity contribution in [3.05, 3.63) is 23.8 Å². The fourth-order valence-electron chi connectivity index (χ4n) is 3.55. The van der Waals surface area contributed by atoms with E-state index in [1.165, 1.54) is 25.7 Å². The van der Waals surface area contributed by atoms with E-state index < -0.39 is 0 Å². The van der Waals surface area contributed by atoms with Gasteiger partial charge in [-0.3, -0.25) is 4.79 Å². The van der Waals surface area contributed by atoms with Gasteiger partial charge in [-0.05, 0) is 36.8 Å². The van der Waals surface area contributed by atoms with E-state index in [0.717, 1.165) is 11.3 Å². The minimum Gasteiger partial charge on any atom is -0.497 e. The number of fused-ring (bicyclic) bond motifs is 1. The monoisotopic (exact) mass is 302 g/mol. The van der Waals surface area contributed by atoms with Crippen molar-refractivity contribution in [1.82, 2.24) is 5.43 Å². The molecule has 0 spiro atoms. The lowest BCUT2D eigenvalue weighted by molar-refractivity contribution is -0.122. The zero-order chi connectivity index (χ0) is 15.5. The maximum Gasteiger partial charge on any atom is 0.243 e. The molecule has 2 aliphatic carbocycles. The molecule has 0 aromatic heterocycles. The van der Waals surface area contributed by atoms with Crippen LogP contribution >= 0.6 is 0 Å². The van der Waals surface area contributed by atoms with E-state index in [1.807, 2.05) is 12.1 Å². The minimum absolute atomic E-state index is 0.0561. The average molecular weight is 302 g/mol. The lowest BCUT2D eigenvalue weighted by Crippen LogP contribution is -2.20. The van der Waals surface area contributed by atoms with Gasteiger partial charge in [-0.15, -0.1) is 0 Å².